The molecule has 1 atom stereocenters. The largest absolute Gasteiger partial charge is 0.393 e. The zero-order valence-corrected chi connectivity index (χ0v) is 9.32. The molecule has 0 saturated heterocycles. The molecule has 0 bridgehead atoms. The van der Waals surface area contributed by atoms with Crippen LogP contribution in [-0.2, 0) is 6.42 Å². The van der Waals surface area contributed by atoms with Crippen LogP contribution in [0.15, 0.2) is 0 Å². The van der Waals surface area contributed by atoms with Gasteiger partial charge in [-0.05, 0) is 6.92 Å². The maximum absolute atomic E-state index is 11.5. The Labute approximate surface area is 92.9 Å². The van der Waals surface area contributed by atoms with Crippen LogP contribution in [0.1, 0.15) is 30.3 Å². The summed E-state index contributed by atoms with van der Waals surface area (Å²) in [7, 11) is 0. The van der Waals surface area contributed by atoms with E-state index in [-0.39, 0.29) is 12.4 Å². The van der Waals surface area contributed by atoms with Gasteiger partial charge in [0.2, 0.25) is 5.82 Å². The highest BCUT2D eigenvalue weighted by Crippen LogP contribution is 1.99. The molecule has 0 aliphatic heterocycles. The summed E-state index contributed by atoms with van der Waals surface area (Å²) in [5.74, 6) is 0.175. The van der Waals surface area contributed by atoms with Crippen LogP contribution in [0.3, 0.4) is 0 Å². The molecule has 16 heavy (non-hydrogen) atoms. The molecule has 7 nitrogen and oxygen atoms in total. The highest BCUT2D eigenvalue weighted by Gasteiger charge is 2.21. The molecular weight excluding hydrogens is 212 g/mol. The van der Waals surface area contributed by atoms with E-state index in [4.69, 9.17) is 5.11 Å². The first kappa shape index (κ1) is 12.6. The normalized spacial score (nSPS) is 14.5. The molecule has 1 rings (SSSR count). The minimum atomic E-state index is -1.33. The predicted molar refractivity (Wildman–Crippen MR) is 55.8 cm³/mol. The van der Waals surface area contributed by atoms with E-state index >= 15 is 0 Å². The SMILES string of the molecule is CCc1nc(C(=O)NCC(C)(O)CO)n[nH]1. The molecule has 0 aromatic carbocycles. The third-order valence-corrected chi connectivity index (χ3v) is 2.04. The van der Waals surface area contributed by atoms with Gasteiger partial charge in [-0.2, -0.15) is 0 Å². The third kappa shape index (κ3) is 3.28. The van der Waals surface area contributed by atoms with Gasteiger partial charge in [-0.25, -0.2) is 4.98 Å². The Balaban J connectivity index is 2.53. The standard InChI is InChI=1S/C9H16N4O3/c1-3-6-11-7(13-12-6)8(15)10-4-9(2,16)5-14/h14,16H,3-5H2,1-2H3,(H,10,15)(H,11,12,13). The number of nitrogens with zero attached hydrogens (tertiary/aromatic N) is 2. The highest BCUT2D eigenvalue weighted by atomic mass is 16.3. The van der Waals surface area contributed by atoms with Crippen LogP contribution in [0.25, 0.3) is 0 Å². The molecule has 1 unspecified atom stereocenters. The number of rotatable bonds is 5. The average molecular weight is 228 g/mol. The van der Waals surface area contributed by atoms with Crippen LogP contribution < -0.4 is 5.32 Å². The van der Waals surface area contributed by atoms with E-state index in [0.29, 0.717) is 12.2 Å². The van der Waals surface area contributed by atoms with Gasteiger partial charge in [-0.3, -0.25) is 9.89 Å². The smallest absolute Gasteiger partial charge is 0.291 e. The number of nitrogens with one attached hydrogen (secondary N) is 2. The number of aliphatic hydroxyl groups is 2. The minimum absolute atomic E-state index is 0.0330. The maximum atomic E-state index is 11.5. The van der Waals surface area contributed by atoms with E-state index in [1.165, 1.54) is 6.92 Å². The number of carbonyl (C=O) groups is 1. The van der Waals surface area contributed by atoms with Gasteiger partial charge in [0.1, 0.15) is 11.4 Å². The molecule has 1 amide bonds. The number of hydrogen-bond donors (Lipinski definition) is 4. The molecule has 1 aromatic heterocycles. The number of H-pyrrole nitrogens is 1. The van der Waals surface area contributed by atoms with Gasteiger partial charge in [0.25, 0.3) is 5.91 Å². The number of aliphatic hydroxyl groups excluding tert-OH is 1. The molecule has 0 radical (unpaired) electrons. The summed E-state index contributed by atoms with van der Waals surface area (Å²) in [6.45, 7) is 2.82. The van der Waals surface area contributed by atoms with Crippen molar-refractivity contribution in [3.63, 3.8) is 0 Å². The van der Waals surface area contributed by atoms with Crippen molar-refractivity contribution < 1.29 is 15.0 Å². The Bertz CT molecular complexity index is 361. The topological polar surface area (TPSA) is 111 Å². The Morgan fingerprint density at radius 1 is 1.62 bits per heavy atom. The fourth-order valence-corrected chi connectivity index (χ4v) is 0.961. The van der Waals surface area contributed by atoms with Crippen LogP contribution in [-0.4, -0.2) is 50.1 Å². The van der Waals surface area contributed by atoms with E-state index in [1.807, 2.05) is 6.92 Å². The quantitative estimate of drug-likeness (QED) is 0.508. The van der Waals surface area contributed by atoms with E-state index in [9.17, 15) is 9.90 Å². The lowest BCUT2D eigenvalue weighted by Crippen LogP contribution is -2.43. The summed E-state index contributed by atoms with van der Waals surface area (Å²) >= 11 is 0. The van der Waals surface area contributed by atoms with E-state index in [1.54, 1.807) is 0 Å². The number of hydrogen-bond acceptors (Lipinski definition) is 5. The second kappa shape index (κ2) is 5.04. The first-order chi connectivity index (χ1) is 7.48. The van der Waals surface area contributed by atoms with Gasteiger partial charge in [0, 0.05) is 13.0 Å². The average Bonchev–Trinajstić information content (AvgIpc) is 2.74. The molecule has 0 aliphatic rings. The first-order valence-electron chi connectivity index (χ1n) is 5.01. The van der Waals surface area contributed by atoms with Crippen LogP contribution in [0.5, 0.6) is 0 Å². The second-order valence-corrected chi connectivity index (χ2v) is 3.80. The molecule has 0 aliphatic carbocycles. The Kier molecular flexibility index (Phi) is 3.97. The minimum Gasteiger partial charge on any atom is -0.393 e. The fourth-order valence-electron chi connectivity index (χ4n) is 0.961. The Morgan fingerprint density at radius 3 is 2.81 bits per heavy atom. The lowest BCUT2D eigenvalue weighted by atomic mass is 10.1. The third-order valence-electron chi connectivity index (χ3n) is 2.04. The van der Waals surface area contributed by atoms with Crippen molar-refractivity contribution in [1.29, 1.82) is 0 Å². The summed E-state index contributed by atoms with van der Waals surface area (Å²) in [4.78, 5) is 15.4. The van der Waals surface area contributed by atoms with Crippen LogP contribution in [0, 0.1) is 0 Å². The van der Waals surface area contributed by atoms with Gasteiger partial charge in [-0.15, -0.1) is 5.10 Å². The summed E-state index contributed by atoms with van der Waals surface area (Å²) in [5, 5.41) is 27.0. The molecule has 0 fully saturated rings. The zero-order chi connectivity index (χ0) is 12.2. The summed E-state index contributed by atoms with van der Waals surface area (Å²) in [5.41, 5.74) is -1.33. The maximum Gasteiger partial charge on any atom is 0.291 e. The Morgan fingerprint density at radius 2 is 2.31 bits per heavy atom. The van der Waals surface area contributed by atoms with Crippen LogP contribution >= 0.6 is 0 Å². The monoisotopic (exact) mass is 228 g/mol. The van der Waals surface area contributed by atoms with Gasteiger partial charge >= 0.3 is 0 Å². The molecule has 0 saturated carbocycles. The zero-order valence-electron chi connectivity index (χ0n) is 9.32. The molecule has 1 heterocycles. The summed E-state index contributed by atoms with van der Waals surface area (Å²) in [6, 6.07) is 0. The number of aromatic nitrogens is 3. The van der Waals surface area contributed by atoms with Crippen LogP contribution in [0.2, 0.25) is 0 Å². The van der Waals surface area contributed by atoms with Crippen LogP contribution in [0.4, 0.5) is 0 Å². The van der Waals surface area contributed by atoms with Crippen molar-refractivity contribution in [2.24, 2.45) is 0 Å². The predicted octanol–water partition coefficient (Wildman–Crippen LogP) is -1.16. The van der Waals surface area contributed by atoms with Crippen molar-refractivity contribution in [2.75, 3.05) is 13.2 Å². The lowest BCUT2D eigenvalue weighted by Gasteiger charge is -2.19. The van der Waals surface area contributed by atoms with Crippen molar-refractivity contribution in [3.8, 4) is 0 Å². The molecular formula is C9H16N4O3. The lowest BCUT2D eigenvalue weighted by molar-refractivity contribution is 0.00312. The summed E-state index contributed by atoms with van der Waals surface area (Å²) in [6.07, 6.45) is 0.661. The van der Waals surface area contributed by atoms with E-state index < -0.39 is 18.1 Å². The van der Waals surface area contributed by atoms with E-state index in [2.05, 4.69) is 20.5 Å². The highest BCUT2D eigenvalue weighted by molar-refractivity contribution is 5.90. The number of aryl methyl sites for hydroxylation is 1. The summed E-state index contributed by atoms with van der Waals surface area (Å²) < 4.78 is 0. The van der Waals surface area contributed by atoms with Crippen molar-refractivity contribution >= 4 is 5.91 Å². The second-order valence-electron chi connectivity index (χ2n) is 3.80. The van der Waals surface area contributed by atoms with E-state index in [0.717, 1.165) is 0 Å². The molecule has 90 valence electrons. The molecule has 1 aromatic rings. The van der Waals surface area contributed by atoms with Gasteiger partial charge < -0.3 is 15.5 Å². The number of aromatic amines is 1. The van der Waals surface area contributed by atoms with Crippen molar-refractivity contribution in [1.82, 2.24) is 20.5 Å². The van der Waals surface area contributed by atoms with Crippen molar-refractivity contribution in [2.45, 2.75) is 25.9 Å². The van der Waals surface area contributed by atoms with Gasteiger partial charge in [0.05, 0.1) is 6.61 Å². The first-order valence-corrected chi connectivity index (χ1v) is 5.01. The molecule has 7 heteroatoms. The number of carbonyl (C=O) groups excluding carboxylic acids is 1. The Hall–Kier alpha value is -1.47. The van der Waals surface area contributed by atoms with Crippen molar-refractivity contribution in [3.05, 3.63) is 11.6 Å². The molecule has 4 N–H and O–H groups in total. The number of amides is 1. The van der Waals surface area contributed by atoms with Gasteiger partial charge in [-0.1, -0.05) is 6.92 Å². The van der Waals surface area contributed by atoms with Gasteiger partial charge in [0.15, 0.2) is 0 Å². The fraction of sp³-hybridized carbons (Fsp3) is 0.667. The molecule has 0 spiro atoms.